The van der Waals surface area contributed by atoms with Gasteiger partial charge in [0.2, 0.25) is 0 Å². The third-order valence-electron chi connectivity index (χ3n) is 6.05. The monoisotopic (exact) mass is 394 g/mol. The molecule has 0 aliphatic heterocycles. The van der Waals surface area contributed by atoms with Gasteiger partial charge in [0.15, 0.2) is 0 Å². The fraction of sp³-hybridized carbons (Fsp3) is 0.632. The maximum atomic E-state index is 12.9. The molecule has 1 aromatic rings. The number of hydrogen-bond donors (Lipinski definition) is 1. The lowest BCUT2D eigenvalue weighted by atomic mass is 9.48. The lowest BCUT2D eigenvalue weighted by Gasteiger charge is -2.58. The Morgan fingerprint density at radius 2 is 2.00 bits per heavy atom. The summed E-state index contributed by atoms with van der Waals surface area (Å²) in [4.78, 5) is 12.9. The van der Waals surface area contributed by atoms with Crippen molar-refractivity contribution in [2.24, 2.45) is 17.3 Å². The van der Waals surface area contributed by atoms with Gasteiger partial charge in [0.25, 0.3) is 0 Å². The van der Waals surface area contributed by atoms with Crippen LogP contribution in [-0.4, -0.2) is 23.8 Å². The Labute approximate surface area is 150 Å². The highest BCUT2D eigenvalue weighted by atomic mass is 79.9. The summed E-state index contributed by atoms with van der Waals surface area (Å²) >= 11 is 3.45. The number of rotatable bonds is 4. The molecule has 4 saturated carbocycles. The Morgan fingerprint density at radius 1 is 1.29 bits per heavy atom. The molecule has 5 rings (SSSR count). The van der Waals surface area contributed by atoms with Crippen LogP contribution in [0.5, 0.6) is 5.75 Å². The zero-order chi connectivity index (χ0) is 16.9. The van der Waals surface area contributed by atoms with E-state index >= 15 is 0 Å². The van der Waals surface area contributed by atoms with Crippen molar-refractivity contribution in [3.05, 3.63) is 28.2 Å². The lowest BCUT2D eigenvalue weighted by molar-refractivity contribution is -0.197. The van der Waals surface area contributed by atoms with Crippen molar-refractivity contribution < 1.29 is 19.4 Å². The van der Waals surface area contributed by atoms with E-state index < -0.39 is 11.0 Å². The summed E-state index contributed by atoms with van der Waals surface area (Å²) in [7, 11) is 1.62. The van der Waals surface area contributed by atoms with Crippen molar-refractivity contribution in [2.45, 2.75) is 50.7 Å². The van der Waals surface area contributed by atoms with Crippen LogP contribution >= 0.6 is 15.9 Å². The fourth-order valence-electron chi connectivity index (χ4n) is 5.55. The number of carbonyl (C=O) groups is 1. The molecule has 24 heavy (non-hydrogen) atoms. The molecule has 4 aliphatic carbocycles. The Morgan fingerprint density at radius 3 is 2.58 bits per heavy atom. The van der Waals surface area contributed by atoms with Gasteiger partial charge >= 0.3 is 5.97 Å². The van der Waals surface area contributed by atoms with Gasteiger partial charge in [-0.15, -0.1) is 0 Å². The van der Waals surface area contributed by atoms with Gasteiger partial charge in [-0.1, -0.05) is 6.07 Å². The molecule has 0 amide bonds. The largest absolute Gasteiger partial charge is 0.496 e. The second-order valence-electron chi connectivity index (χ2n) is 8.01. The Hall–Kier alpha value is -1.07. The normalized spacial score (nSPS) is 36.6. The molecule has 1 N–H and O–H groups in total. The van der Waals surface area contributed by atoms with Crippen LogP contribution in [0.25, 0.3) is 0 Å². The van der Waals surface area contributed by atoms with Gasteiger partial charge < -0.3 is 14.6 Å². The van der Waals surface area contributed by atoms with Crippen LogP contribution in [0.4, 0.5) is 0 Å². The topological polar surface area (TPSA) is 55.8 Å². The van der Waals surface area contributed by atoms with Crippen LogP contribution in [0.15, 0.2) is 22.7 Å². The van der Waals surface area contributed by atoms with Gasteiger partial charge in [-0.25, -0.2) is 0 Å². The number of esters is 1. The van der Waals surface area contributed by atoms with Crippen molar-refractivity contribution in [1.29, 1.82) is 0 Å². The van der Waals surface area contributed by atoms with E-state index in [1.807, 2.05) is 18.2 Å². The van der Waals surface area contributed by atoms with Crippen LogP contribution in [0, 0.1) is 17.3 Å². The molecule has 0 radical (unpaired) electrons. The summed E-state index contributed by atoms with van der Waals surface area (Å²) in [6.07, 6.45) is 5.25. The van der Waals surface area contributed by atoms with Crippen LogP contribution < -0.4 is 4.74 Å². The first kappa shape index (κ1) is 16.4. The minimum absolute atomic E-state index is 0.123. The van der Waals surface area contributed by atoms with Crippen LogP contribution in [-0.2, 0) is 16.1 Å². The van der Waals surface area contributed by atoms with Gasteiger partial charge in [0.05, 0.1) is 22.6 Å². The van der Waals surface area contributed by atoms with Crippen molar-refractivity contribution >= 4 is 21.9 Å². The smallest absolute Gasteiger partial charge is 0.312 e. The average molecular weight is 395 g/mol. The first-order valence-corrected chi connectivity index (χ1v) is 9.43. The molecule has 4 nitrogen and oxygen atoms in total. The maximum Gasteiger partial charge on any atom is 0.312 e. The molecule has 0 spiro atoms. The Balaban J connectivity index is 1.46. The van der Waals surface area contributed by atoms with Gasteiger partial charge in [0.1, 0.15) is 12.4 Å². The van der Waals surface area contributed by atoms with E-state index in [1.165, 1.54) is 6.42 Å². The van der Waals surface area contributed by atoms with Crippen molar-refractivity contribution in [3.63, 3.8) is 0 Å². The third-order valence-corrected chi connectivity index (χ3v) is 6.67. The van der Waals surface area contributed by atoms with Crippen LogP contribution in [0.2, 0.25) is 0 Å². The zero-order valence-corrected chi connectivity index (χ0v) is 15.5. The quantitative estimate of drug-likeness (QED) is 0.788. The number of ether oxygens (including phenoxy) is 2. The molecule has 0 heterocycles. The number of aliphatic hydroxyl groups is 1. The molecule has 4 atom stereocenters. The predicted molar refractivity (Wildman–Crippen MR) is 92.6 cm³/mol. The first-order chi connectivity index (χ1) is 11.4. The summed E-state index contributed by atoms with van der Waals surface area (Å²) in [6, 6.07) is 5.68. The van der Waals surface area contributed by atoms with E-state index in [1.54, 1.807) is 7.11 Å². The standard InChI is InChI=1S/C19H23BrO4/c1-23-16-3-2-12(5-15(16)20)10-24-17(21)18-6-13-4-14(7-18)9-19(22,8-13)11-18/h2-3,5,13-14,22H,4,6-11H2,1H3/t13-,14+,18?,19?. The third kappa shape index (κ3) is 2.76. The minimum atomic E-state index is -0.633. The second-order valence-corrected chi connectivity index (χ2v) is 8.87. The number of hydrogen-bond acceptors (Lipinski definition) is 4. The number of carbonyl (C=O) groups excluding carboxylic acids is 1. The lowest BCUT2D eigenvalue weighted by Crippen LogP contribution is -2.58. The van der Waals surface area contributed by atoms with E-state index in [4.69, 9.17) is 9.47 Å². The highest BCUT2D eigenvalue weighted by Crippen LogP contribution is 2.62. The number of methoxy groups -OCH3 is 1. The van der Waals surface area contributed by atoms with E-state index in [-0.39, 0.29) is 12.6 Å². The number of benzene rings is 1. The molecule has 4 aliphatic rings. The van der Waals surface area contributed by atoms with Crippen molar-refractivity contribution in [1.82, 2.24) is 0 Å². The van der Waals surface area contributed by atoms with Crippen LogP contribution in [0.3, 0.4) is 0 Å². The molecule has 4 bridgehead atoms. The van der Waals surface area contributed by atoms with Gasteiger partial charge in [-0.2, -0.15) is 0 Å². The van der Waals surface area contributed by atoms with Gasteiger partial charge in [0, 0.05) is 0 Å². The molecular weight excluding hydrogens is 372 g/mol. The highest BCUT2D eigenvalue weighted by Gasteiger charge is 2.60. The summed E-state index contributed by atoms with van der Waals surface area (Å²) in [6.45, 7) is 0.261. The predicted octanol–water partition coefficient (Wildman–Crippen LogP) is 3.83. The summed E-state index contributed by atoms with van der Waals surface area (Å²) < 4.78 is 11.7. The average Bonchev–Trinajstić information content (AvgIpc) is 2.50. The molecular formula is C19H23BrO4. The Bertz CT molecular complexity index is 657. The van der Waals surface area contributed by atoms with E-state index in [2.05, 4.69) is 15.9 Å². The van der Waals surface area contributed by atoms with Gasteiger partial charge in [-0.3, -0.25) is 4.79 Å². The molecule has 0 saturated heterocycles. The van der Waals surface area contributed by atoms with Gasteiger partial charge in [-0.05, 0) is 84.0 Å². The molecule has 0 aromatic heterocycles. The zero-order valence-electron chi connectivity index (χ0n) is 13.9. The molecule has 1 aromatic carbocycles. The first-order valence-electron chi connectivity index (χ1n) is 8.63. The van der Waals surface area contributed by atoms with Crippen molar-refractivity contribution in [3.8, 4) is 5.75 Å². The molecule has 5 heteroatoms. The molecule has 4 fully saturated rings. The minimum Gasteiger partial charge on any atom is -0.496 e. The highest BCUT2D eigenvalue weighted by molar-refractivity contribution is 9.10. The molecule has 130 valence electrons. The number of halogens is 1. The van der Waals surface area contributed by atoms with E-state index in [9.17, 15) is 9.90 Å². The fourth-order valence-corrected chi connectivity index (χ4v) is 6.14. The van der Waals surface area contributed by atoms with Crippen molar-refractivity contribution in [2.75, 3.05) is 7.11 Å². The summed E-state index contributed by atoms with van der Waals surface area (Å²) in [5.74, 6) is 1.60. The molecule has 2 unspecified atom stereocenters. The van der Waals surface area contributed by atoms with E-state index in [0.717, 1.165) is 41.5 Å². The van der Waals surface area contributed by atoms with Crippen LogP contribution in [0.1, 0.15) is 44.1 Å². The second kappa shape index (κ2) is 5.73. The SMILES string of the molecule is COc1ccc(COC(=O)C23C[C@@H]4C[C@@H](CC(O)(C4)C2)C3)cc1Br. The van der Waals surface area contributed by atoms with E-state index in [0.29, 0.717) is 18.3 Å². The maximum absolute atomic E-state index is 12.9. The Kier molecular flexibility index (Phi) is 3.92. The summed E-state index contributed by atoms with van der Waals surface area (Å²) in [5.41, 5.74) is -0.158. The summed E-state index contributed by atoms with van der Waals surface area (Å²) in [5, 5.41) is 10.8.